The van der Waals surface area contributed by atoms with E-state index in [-0.39, 0.29) is 6.42 Å². The fourth-order valence-electron chi connectivity index (χ4n) is 1.28. The van der Waals surface area contributed by atoms with Crippen molar-refractivity contribution in [3.8, 4) is 11.5 Å². The van der Waals surface area contributed by atoms with Crippen LogP contribution >= 0.6 is 15.9 Å². The number of hydrogen-bond acceptors (Lipinski definition) is 3. The van der Waals surface area contributed by atoms with Gasteiger partial charge in [0.1, 0.15) is 11.5 Å². The van der Waals surface area contributed by atoms with Crippen molar-refractivity contribution in [1.82, 2.24) is 0 Å². The first-order valence-corrected chi connectivity index (χ1v) is 5.00. The summed E-state index contributed by atoms with van der Waals surface area (Å²) in [6.45, 7) is 0. The van der Waals surface area contributed by atoms with Crippen molar-refractivity contribution in [2.24, 2.45) is 0 Å². The fourth-order valence-corrected chi connectivity index (χ4v) is 1.69. The summed E-state index contributed by atoms with van der Waals surface area (Å²) in [5.41, 5.74) is 0.538. The summed E-state index contributed by atoms with van der Waals surface area (Å²) in [6, 6.07) is 3.42. The minimum atomic E-state index is -0.922. The number of halogens is 1. The highest BCUT2D eigenvalue weighted by molar-refractivity contribution is 9.10. The van der Waals surface area contributed by atoms with Gasteiger partial charge in [0.25, 0.3) is 0 Å². The third-order valence-electron chi connectivity index (χ3n) is 1.90. The largest absolute Gasteiger partial charge is 0.496 e. The molecule has 4 nitrogen and oxygen atoms in total. The summed E-state index contributed by atoms with van der Waals surface area (Å²) in [7, 11) is 2.99. The first-order chi connectivity index (χ1) is 7.08. The molecule has 1 aromatic rings. The predicted molar refractivity (Wildman–Crippen MR) is 58.6 cm³/mol. The topological polar surface area (TPSA) is 55.8 Å². The van der Waals surface area contributed by atoms with Crippen LogP contribution in [0.1, 0.15) is 5.56 Å². The smallest absolute Gasteiger partial charge is 0.308 e. The van der Waals surface area contributed by atoms with Crippen LogP contribution in [-0.4, -0.2) is 25.3 Å². The van der Waals surface area contributed by atoms with Crippen LogP contribution in [0.4, 0.5) is 0 Å². The molecule has 5 heteroatoms. The third-order valence-corrected chi connectivity index (χ3v) is 2.36. The first kappa shape index (κ1) is 11.8. The van der Waals surface area contributed by atoms with E-state index in [2.05, 4.69) is 15.9 Å². The molecule has 1 aromatic carbocycles. The van der Waals surface area contributed by atoms with Gasteiger partial charge >= 0.3 is 5.97 Å². The highest BCUT2D eigenvalue weighted by Gasteiger charge is 2.14. The molecule has 15 heavy (non-hydrogen) atoms. The lowest BCUT2D eigenvalue weighted by atomic mass is 10.1. The molecule has 0 bridgehead atoms. The molecule has 0 unspecified atom stereocenters. The SMILES string of the molecule is COc1cc(Br)cc(OC)c1CC(=O)O. The van der Waals surface area contributed by atoms with Gasteiger partial charge in [0, 0.05) is 10.0 Å². The Kier molecular flexibility index (Phi) is 3.96. The Labute approximate surface area is 95.9 Å². The Hall–Kier alpha value is -1.23. The second-order valence-corrected chi connectivity index (χ2v) is 3.78. The Morgan fingerprint density at radius 3 is 2.13 bits per heavy atom. The van der Waals surface area contributed by atoms with Crippen molar-refractivity contribution in [3.63, 3.8) is 0 Å². The van der Waals surface area contributed by atoms with Gasteiger partial charge in [-0.05, 0) is 12.1 Å². The zero-order chi connectivity index (χ0) is 11.4. The number of aliphatic carboxylic acids is 1. The maximum Gasteiger partial charge on any atom is 0.308 e. The van der Waals surface area contributed by atoms with Crippen LogP contribution in [0.2, 0.25) is 0 Å². The van der Waals surface area contributed by atoms with E-state index in [9.17, 15) is 4.79 Å². The van der Waals surface area contributed by atoms with E-state index >= 15 is 0 Å². The molecule has 0 heterocycles. The van der Waals surface area contributed by atoms with Crippen molar-refractivity contribution in [2.75, 3.05) is 14.2 Å². The molecule has 0 amide bonds. The summed E-state index contributed by atoms with van der Waals surface area (Å²) in [5, 5.41) is 8.75. The molecule has 0 aliphatic heterocycles. The zero-order valence-corrected chi connectivity index (χ0v) is 10.00. The van der Waals surface area contributed by atoms with Gasteiger partial charge in [-0.1, -0.05) is 15.9 Å². The van der Waals surface area contributed by atoms with Crippen molar-refractivity contribution < 1.29 is 19.4 Å². The van der Waals surface area contributed by atoms with Crippen LogP contribution in [0.15, 0.2) is 16.6 Å². The highest BCUT2D eigenvalue weighted by atomic mass is 79.9. The van der Waals surface area contributed by atoms with Crippen LogP contribution < -0.4 is 9.47 Å². The molecule has 0 atom stereocenters. The van der Waals surface area contributed by atoms with Crippen LogP contribution in [0, 0.1) is 0 Å². The minimum Gasteiger partial charge on any atom is -0.496 e. The van der Waals surface area contributed by atoms with E-state index in [1.54, 1.807) is 12.1 Å². The van der Waals surface area contributed by atoms with E-state index in [0.29, 0.717) is 17.1 Å². The lowest BCUT2D eigenvalue weighted by Gasteiger charge is -2.12. The van der Waals surface area contributed by atoms with Gasteiger partial charge in [-0.25, -0.2) is 0 Å². The van der Waals surface area contributed by atoms with Gasteiger partial charge in [0.2, 0.25) is 0 Å². The van der Waals surface area contributed by atoms with Crippen molar-refractivity contribution in [1.29, 1.82) is 0 Å². The summed E-state index contributed by atoms with van der Waals surface area (Å²) in [5.74, 6) is 0.0844. The van der Waals surface area contributed by atoms with E-state index in [0.717, 1.165) is 4.47 Å². The first-order valence-electron chi connectivity index (χ1n) is 4.20. The van der Waals surface area contributed by atoms with Gasteiger partial charge in [-0.3, -0.25) is 4.79 Å². The summed E-state index contributed by atoms with van der Waals surface area (Å²) >= 11 is 3.29. The molecule has 0 aliphatic carbocycles. The molecular weight excluding hydrogens is 264 g/mol. The van der Waals surface area contributed by atoms with Crippen LogP contribution in [0.25, 0.3) is 0 Å². The van der Waals surface area contributed by atoms with Gasteiger partial charge in [0.15, 0.2) is 0 Å². The molecule has 0 aliphatic rings. The number of carbonyl (C=O) groups is 1. The van der Waals surface area contributed by atoms with Crippen LogP contribution in [-0.2, 0) is 11.2 Å². The second-order valence-electron chi connectivity index (χ2n) is 2.86. The lowest BCUT2D eigenvalue weighted by molar-refractivity contribution is -0.136. The van der Waals surface area contributed by atoms with E-state index < -0.39 is 5.97 Å². The minimum absolute atomic E-state index is 0.125. The standard InChI is InChI=1S/C10H11BrO4/c1-14-8-3-6(11)4-9(15-2)7(8)5-10(12)13/h3-4H,5H2,1-2H3,(H,12,13). The number of carboxylic acid groups (broad SMARTS) is 1. The predicted octanol–water partition coefficient (Wildman–Crippen LogP) is 2.09. The molecule has 0 aromatic heterocycles. The van der Waals surface area contributed by atoms with Gasteiger partial charge < -0.3 is 14.6 Å². The lowest BCUT2D eigenvalue weighted by Crippen LogP contribution is -2.04. The van der Waals surface area contributed by atoms with Crippen molar-refractivity contribution in [3.05, 3.63) is 22.2 Å². The molecular formula is C10H11BrO4. The number of ether oxygens (including phenoxy) is 2. The van der Waals surface area contributed by atoms with E-state index in [1.165, 1.54) is 14.2 Å². The summed E-state index contributed by atoms with van der Waals surface area (Å²) in [6.07, 6.45) is -0.125. The van der Waals surface area contributed by atoms with Gasteiger partial charge in [-0.15, -0.1) is 0 Å². The molecule has 0 radical (unpaired) electrons. The number of rotatable bonds is 4. The summed E-state index contributed by atoms with van der Waals surface area (Å²) in [4.78, 5) is 10.7. The van der Waals surface area contributed by atoms with Crippen molar-refractivity contribution >= 4 is 21.9 Å². The van der Waals surface area contributed by atoms with E-state index in [1.807, 2.05) is 0 Å². The number of benzene rings is 1. The Bertz CT molecular complexity index is 351. The molecule has 0 spiro atoms. The van der Waals surface area contributed by atoms with Gasteiger partial charge in [0.05, 0.1) is 20.6 Å². The summed E-state index contributed by atoms with van der Waals surface area (Å²) < 4.78 is 11.0. The molecule has 1 rings (SSSR count). The average Bonchev–Trinajstić information content (AvgIpc) is 2.19. The Balaban J connectivity index is 3.23. The molecule has 1 N–H and O–H groups in total. The highest BCUT2D eigenvalue weighted by Crippen LogP contribution is 2.33. The second kappa shape index (κ2) is 5.02. The van der Waals surface area contributed by atoms with E-state index in [4.69, 9.17) is 14.6 Å². The van der Waals surface area contributed by atoms with Crippen LogP contribution in [0.3, 0.4) is 0 Å². The maximum absolute atomic E-state index is 10.7. The normalized spacial score (nSPS) is 9.80. The monoisotopic (exact) mass is 274 g/mol. The Morgan fingerprint density at radius 1 is 1.33 bits per heavy atom. The Morgan fingerprint density at radius 2 is 1.80 bits per heavy atom. The number of methoxy groups -OCH3 is 2. The maximum atomic E-state index is 10.7. The molecule has 0 fully saturated rings. The third kappa shape index (κ3) is 2.86. The average molecular weight is 275 g/mol. The molecule has 82 valence electrons. The quantitative estimate of drug-likeness (QED) is 0.914. The molecule has 0 saturated carbocycles. The number of carboxylic acids is 1. The number of hydrogen-bond donors (Lipinski definition) is 1. The van der Waals surface area contributed by atoms with Crippen LogP contribution in [0.5, 0.6) is 11.5 Å². The van der Waals surface area contributed by atoms with Crippen molar-refractivity contribution in [2.45, 2.75) is 6.42 Å². The fraction of sp³-hybridized carbons (Fsp3) is 0.300. The zero-order valence-electron chi connectivity index (χ0n) is 8.41. The van der Waals surface area contributed by atoms with Gasteiger partial charge in [-0.2, -0.15) is 0 Å². The molecule has 0 saturated heterocycles.